The predicted octanol–water partition coefficient (Wildman–Crippen LogP) is 4.51. The summed E-state index contributed by atoms with van der Waals surface area (Å²) in [5, 5.41) is 5.68. The topological polar surface area (TPSA) is 99.3 Å². The summed E-state index contributed by atoms with van der Waals surface area (Å²) in [5.41, 5.74) is 2.65. The molecule has 3 N–H and O–H groups in total. The molecule has 8 nitrogen and oxygen atoms in total. The summed E-state index contributed by atoms with van der Waals surface area (Å²) in [6.45, 7) is 7.69. The molecule has 2 aromatic carbocycles. The molecule has 8 heteroatoms. The SMILES string of the molecule is CCOc1ccc(NC(=O)NC(C(=O)N2CCC(c3nc4ccccc4[nH]3)CC2)C(C)C)cc1. The molecule has 3 amide bonds. The molecule has 2 heterocycles. The highest BCUT2D eigenvalue weighted by molar-refractivity contribution is 5.94. The highest BCUT2D eigenvalue weighted by Gasteiger charge is 2.32. The number of benzene rings is 2. The van der Waals surface area contributed by atoms with Gasteiger partial charge >= 0.3 is 6.03 Å². The van der Waals surface area contributed by atoms with Gasteiger partial charge in [0.2, 0.25) is 5.91 Å². The molecule has 0 aliphatic carbocycles. The summed E-state index contributed by atoms with van der Waals surface area (Å²) in [6.07, 6.45) is 1.68. The lowest BCUT2D eigenvalue weighted by atomic mass is 9.94. The van der Waals surface area contributed by atoms with E-state index in [1.165, 1.54) is 0 Å². The van der Waals surface area contributed by atoms with Gasteiger partial charge in [0.25, 0.3) is 0 Å². The van der Waals surface area contributed by atoms with Crippen molar-refractivity contribution < 1.29 is 14.3 Å². The number of hydrogen-bond donors (Lipinski definition) is 3. The van der Waals surface area contributed by atoms with E-state index in [0.29, 0.717) is 31.3 Å². The van der Waals surface area contributed by atoms with Gasteiger partial charge in [-0.3, -0.25) is 4.79 Å². The molecule has 1 saturated heterocycles. The van der Waals surface area contributed by atoms with Crippen LogP contribution in [0.5, 0.6) is 5.75 Å². The Balaban J connectivity index is 1.33. The lowest BCUT2D eigenvalue weighted by Crippen LogP contribution is -2.53. The zero-order valence-electron chi connectivity index (χ0n) is 20.0. The second-order valence-electron chi connectivity index (χ2n) is 9.02. The Morgan fingerprint density at radius 1 is 1.12 bits per heavy atom. The van der Waals surface area contributed by atoms with Crippen LogP contribution in [0.3, 0.4) is 0 Å². The molecule has 1 aliphatic heterocycles. The van der Waals surface area contributed by atoms with Crippen LogP contribution in [-0.4, -0.2) is 52.5 Å². The number of piperidine rings is 1. The Bertz CT molecular complexity index is 1080. The van der Waals surface area contributed by atoms with Gasteiger partial charge in [-0.05, 0) is 62.1 Å². The van der Waals surface area contributed by atoms with Crippen molar-refractivity contribution in [1.82, 2.24) is 20.2 Å². The number of likely N-dealkylation sites (tertiary alicyclic amines) is 1. The van der Waals surface area contributed by atoms with Crippen molar-refractivity contribution in [2.75, 3.05) is 25.0 Å². The maximum atomic E-state index is 13.3. The standard InChI is InChI=1S/C26H33N5O3/c1-4-34-20-11-9-19(10-12-20)27-26(33)30-23(17(2)3)25(32)31-15-13-18(14-16-31)24-28-21-7-5-6-8-22(21)29-24/h5-12,17-18,23H,4,13-16H2,1-3H3,(H,28,29)(H2,27,30,33). The molecule has 4 rings (SSSR count). The minimum atomic E-state index is -0.592. The number of aromatic nitrogens is 2. The Morgan fingerprint density at radius 2 is 1.82 bits per heavy atom. The number of fused-ring (bicyclic) bond motifs is 1. The average Bonchev–Trinajstić information content (AvgIpc) is 3.28. The summed E-state index contributed by atoms with van der Waals surface area (Å²) >= 11 is 0. The van der Waals surface area contributed by atoms with E-state index in [0.717, 1.165) is 35.4 Å². The quantitative estimate of drug-likeness (QED) is 0.480. The summed E-state index contributed by atoms with van der Waals surface area (Å²) in [4.78, 5) is 35.9. The maximum Gasteiger partial charge on any atom is 0.319 e. The van der Waals surface area contributed by atoms with Gasteiger partial charge in [-0.25, -0.2) is 9.78 Å². The molecule has 180 valence electrons. The first-order valence-corrected chi connectivity index (χ1v) is 12.0. The highest BCUT2D eigenvalue weighted by atomic mass is 16.5. The summed E-state index contributed by atoms with van der Waals surface area (Å²) in [6, 6.07) is 14.2. The molecule has 1 aromatic heterocycles. The van der Waals surface area contributed by atoms with Crippen molar-refractivity contribution in [3.05, 3.63) is 54.4 Å². The first kappa shape index (κ1) is 23.6. The minimum absolute atomic E-state index is 0.0355. The Hall–Kier alpha value is -3.55. The highest BCUT2D eigenvalue weighted by Crippen LogP contribution is 2.28. The Labute approximate surface area is 200 Å². The summed E-state index contributed by atoms with van der Waals surface area (Å²) in [5.74, 6) is 1.95. The van der Waals surface area contributed by atoms with E-state index in [-0.39, 0.29) is 11.8 Å². The van der Waals surface area contributed by atoms with Gasteiger partial charge in [-0.1, -0.05) is 26.0 Å². The van der Waals surface area contributed by atoms with E-state index in [4.69, 9.17) is 9.72 Å². The number of para-hydroxylation sites is 2. The fourth-order valence-electron chi connectivity index (χ4n) is 4.36. The molecule has 0 radical (unpaired) electrons. The number of carbonyl (C=O) groups is 2. The van der Waals surface area contributed by atoms with Gasteiger partial charge in [-0.2, -0.15) is 0 Å². The number of aromatic amines is 1. The van der Waals surface area contributed by atoms with Crippen molar-refractivity contribution in [2.24, 2.45) is 5.92 Å². The van der Waals surface area contributed by atoms with Crippen LogP contribution in [0.2, 0.25) is 0 Å². The summed E-state index contributed by atoms with van der Waals surface area (Å²) < 4.78 is 5.43. The lowest BCUT2D eigenvalue weighted by Gasteiger charge is -2.34. The van der Waals surface area contributed by atoms with Crippen molar-refractivity contribution in [1.29, 1.82) is 0 Å². The lowest BCUT2D eigenvalue weighted by molar-refractivity contribution is -0.135. The second-order valence-corrected chi connectivity index (χ2v) is 9.02. The molecule has 34 heavy (non-hydrogen) atoms. The number of carbonyl (C=O) groups excluding carboxylic acids is 2. The van der Waals surface area contributed by atoms with E-state index in [2.05, 4.69) is 15.6 Å². The molecular formula is C26H33N5O3. The van der Waals surface area contributed by atoms with Gasteiger partial charge < -0.3 is 25.3 Å². The Kier molecular flexibility index (Phi) is 7.35. The number of imidazole rings is 1. The van der Waals surface area contributed by atoms with Gasteiger partial charge in [0.1, 0.15) is 17.6 Å². The zero-order valence-corrected chi connectivity index (χ0v) is 20.0. The van der Waals surface area contributed by atoms with Crippen LogP contribution in [0.4, 0.5) is 10.5 Å². The first-order chi connectivity index (χ1) is 16.4. The molecule has 0 bridgehead atoms. The van der Waals surface area contributed by atoms with Crippen molar-refractivity contribution >= 4 is 28.7 Å². The van der Waals surface area contributed by atoms with Crippen LogP contribution in [0, 0.1) is 5.92 Å². The van der Waals surface area contributed by atoms with Crippen LogP contribution in [0.25, 0.3) is 11.0 Å². The monoisotopic (exact) mass is 463 g/mol. The van der Waals surface area contributed by atoms with Crippen LogP contribution in [0.15, 0.2) is 48.5 Å². The molecule has 1 fully saturated rings. The zero-order chi connectivity index (χ0) is 24.1. The fourth-order valence-corrected chi connectivity index (χ4v) is 4.36. The number of rotatable bonds is 7. The number of anilines is 1. The van der Waals surface area contributed by atoms with Crippen LogP contribution < -0.4 is 15.4 Å². The van der Waals surface area contributed by atoms with Crippen molar-refractivity contribution in [3.8, 4) is 5.75 Å². The number of H-pyrrole nitrogens is 1. The number of amides is 3. The number of hydrogen-bond acceptors (Lipinski definition) is 4. The fraction of sp³-hybridized carbons (Fsp3) is 0.423. The van der Waals surface area contributed by atoms with Crippen LogP contribution in [0.1, 0.15) is 45.4 Å². The third kappa shape index (κ3) is 5.50. The van der Waals surface area contributed by atoms with Gasteiger partial charge in [0.05, 0.1) is 17.6 Å². The minimum Gasteiger partial charge on any atom is -0.494 e. The molecule has 0 saturated carbocycles. The van der Waals surface area contributed by atoms with E-state index in [1.807, 2.05) is 49.9 Å². The molecule has 0 spiro atoms. The molecule has 1 aliphatic rings. The molecular weight excluding hydrogens is 430 g/mol. The third-order valence-electron chi connectivity index (χ3n) is 6.24. The maximum absolute atomic E-state index is 13.3. The number of nitrogens with one attached hydrogen (secondary N) is 3. The van der Waals surface area contributed by atoms with Gasteiger partial charge in [0.15, 0.2) is 0 Å². The normalized spacial score (nSPS) is 15.4. The summed E-state index contributed by atoms with van der Waals surface area (Å²) in [7, 11) is 0. The van der Waals surface area contributed by atoms with Crippen molar-refractivity contribution in [3.63, 3.8) is 0 Å². The third-order valence-corrected chi connectivity index (χ3v) is 6.24. The number of nitrogens with zero attached hydrogens (tertiary/aromatic N) is 2. The molecule has 1 unspecified atom stereocenters. The van der Waals surface area contributed by atoms with Gasteiger partial charge in [0, 0.05) is 24.7 Å². The first-order valence-electron chi connectivity index (χ1n) is 12.0. The van der Waals surface area contributed by atoms with E-state index in [1.54, 1.807) is 24.3 Å². The van der Waals surface area contributed by atoms with Crippen LogP contribution in [-0.2, 0) is 4.79 Å². The number of ether oxygens (including phenoxy) is 1. The molecule has 1 atom stereocenters. The Morgan fingerprint density at radius 3 is 2.47 bits per heavy atom. The van der Waals surface area contributed by atoms with Crippen LogP contribution >= 0.6 is 0 Å². The average molecular weight is 464 g/mol. The van der Waals surface area contributed by atoms with E-state index >= 15 is 0 Å². The van der Waals surface area contributed by atoms with E-state index in [9.17, 15) is 9.59 Å². The van der Waals surface area contributed by atoms with E-state index < -0.39 is 12.1 Å². The second kappa shape index (κ2) is 10.6. The largest absolute Gasteiger partial charge is 0.494 e. The smallest absolute Gasteiger partial charge is 0.319 e. The predicted molar refractivity (Wildman–Crippen MR) is 133 cm³/mol. The number of urea groups is 1. The van der Waals surface area contributed by atoms with Gasteiger partial charge in [-0.15, -0.1) is 0 Å². The van der Waals surface area contributed by atoms with Crippen molar-refractivity contribution in [2.45, 2.75) is 45.6 Å². The molecule has 3 aromatic rings.